The Morgan fingerprint density at radius 1 is 1.47 bits per heavy atom. The molecule has 5 N–H and O–H groups in total. The van der Waals surface area contributed by atoms with Crippen LogP contribution in [0.3, 0.4) is 0 Å². The zero-order valence-electron chi connectivity index (χ0n) is 9.60. The maximum absolute atomic E-state index is 11.4. The third kappa shape index (κ3) is 4.29. The van der Waals surface area contributed by atoms with Crippen molar-refractivity contribution in [2.45, 2.75) is 38.3 Å². The first-order valence-electron chi connectivity index (χ1n) is 5.52. The van der Waals surface area contributed by atoms with Crippen molar-refractivity contribution < 1.29 is 19.5 Å². The minimum Gasteiger partial charge on any atom is -0.480 e. The lowest BCUT2D eigenvalue weighted by Gasteiger charge is -2.13. The van der Waals surface area contributed by atoms with Gasteiger partial charge in [0, 0.05) is 6.04 Å². The number of rotatable bonds is 6. The number of nitrogens with two attached hydrogens (primary N) is 1. The molecule has 0 aromatic rings. The second-order valence-corrected chi connectivity index (χ2v) is 4.19. The van der Waals surface area contributed by atoms with Crippen LogP contribution in [0.4, 0.5) is 4.79 Å². The third-order valence-corrected chi connectivity index (χ3v) is 2.77. The molecule has 1 aliphatic rings. The summed E-state index contributed by atoms with van der Waals surface area (Å²) in [6, 6.07) is -1.73. The third-order valence-electron chi connectivity index (χ3n) is 2.77. The van der Waals surface area contributed by atoms with Gasteiger partial charge in [-0.1, -0.05) is 13.3 Å². The van der Waals surface area contributed by atoms with Crippen molar-refractivity contribution in [2.75, 3.05) is 0 Å². The largest absolute Gasteiger partial charge is 0.480 e. The van der Waals surface area contributed by atoms with Gasteiger partial charge < -0.3 is 21.5 Å². The number of carbonyl (C=O) groups excluding carboxylic acids is 2. The van der Waals surface area contributed by atoms with Crippen LogP contribution < -0.4 is 16.4 Å². The molecule has 1 aliphatic carbocycles. The molecule has 0 aromatic heterocycles. The molecule has 0 saturated heterocycles. The Kier molecular flexibility index (Phi) is 4.30. The van der Waals surface area contributed by atoms with Crippen molar-refractivity contribution in [2.24, 2.45) is 11.7 Å². The normalized spacial score (nSPS) is 23.6. The summed E-state index contributed by atoms with van der Waals surface area (Å²) in [7, 11) is 0. The van der Waals surface area contributed by atoms with Gasteiger partial charge in [0.1, 0.15) is 6.04 Å². The number of hydrogen-bond acceptors (Lipinski definition) is 3. The summed E-state index contributed by atoms with van der Waals surface area (Å²) in [5, 5.41) is 13.6. The monoisotopic (exact) mass is 243 g/mol. The molecular formula is C10H17N3O4. The molecule has 7 heteroatoms. The molecule has 0 aliphatic heterocycles. The van der Waals surface area contributed by atoms with Crippen molar-refractivity contribution >= 4 is 17.9 Å². The first-order valence-corrected chi connectivity index (χ1v) is 5.52. The number of aliphatic carboxylic acids is 1. The lowest BCUT2D eigenvalue weighted by atomic mass is 10.2. The van der Waals surface area contributed by atoms with Gasteiger partial charge in [-0.2, -0.15) is 0 Å². The number of urea groups is 1. The van der Waals surface area contributed by atoms with E-state index in [-0.39, 0.29) is 6.04 Å². The minimum absolute atomic E-state index is 0.114. The Morgan fingerprint density at radius 3 is 2.53 bits per heavy atom. The van der Waals surface area contributed by atoms with Crippen LogP contribution >= 0.6 is 0 Å². The van der Waals surface area contributed by atoms with E-state index in [2.05, 4.69) is 10.6 Å². The molecule has 0 aromatic carbocycles. The maximum Gasteiger partial charge on any atom is 0.326 e. The van der Waals surface area contributed by atoms with Gasteiger partial charge in [-0.15, -0.1) is 0 Å². The maximum atomic E-state index is 11.4. The van der Waals surface area contributed by atoms with Gasteiger partial charge in [0.25, 0.3) is 0 Å². The van der Waals surface area contributed by atoms with Crippen LogP contribution in [0.5, 0.6) is 0 Å². The average molecular weight is 243 g/mol. The van der Waals surface area contributed by atoms with Crippen molar-refractivity contribution in [3.8, 4) is 0 Å². The van der Waals surface area contributed by atoms with Gasteiger partial charge in [0.05, 0.1) is 6.42 Å². The molecule has 3 unspecified atom stereocenters. The second kappa shape index (κ2) is 5.51. The van der Waals surface area contributed by atoms with Crippen molar-refractivity contribution in [1.82, 2.24) is 10.6 Å². The van der Waals surface area contributed by atoms with Crippen molar-refractivity contribution in [1.29, 1.82) is 0 Å². The van der Waals surface area contributed by atoms with Crippen LogP contribution in [0.1, 0.15) is 26.2 Å². The molecule has 1 fully saturated rings. The zero-order valence-corrected chi connectivity index (χ0v) is 9.60. The molecule has 3 amide bonds. The molecular weight excluding hydrogens is 226 g/mol. The molecule has 3 atom stereocenters. The highest BCUT2D eigenvalue weighted by Gasteiger charge is 2.37. The summed E-state index contributed by atoms with van der Waals surface area (Å²) >= 11 is 0. The predicted octanol–water partition coefficient (Wildman–Crippen LogP) is -0.587. The highest BCUT2D eigenvalue weighted by Crippen LogP contribution is 2.32. The molecule has 0 radical (unpaired) electrons. The van der Waals surface area contributed by atoms with E-state index >= 15 is 0 Å². The molecule has 1 saturated carbocycles. The zero-order chi connectivity index (χ0) is 13.0. The number of hydrogen-bond donors (Lipinski definition) is 4. The van der Waals surface area contributed by atoms with Gasteiger partial charge in [-0.05, 0) is 12.3 Å². The Morgan fingerprint density at radius 2 is 2.12 bits per heavy atom. The fraction of sp³-hybridized carbons (Fsp3) is 0.700. The standard InChI is InChI=1S/C10H17N3O4/c1-2-5-3-6(5)12-10(17)13-7(9(15)16)4-8(11)14/h5-7H,2-4H2,1H3,(H2,11,14)(H,15,16)(H2,12,13,17). The number of carboxylic acid groups (broad SMARTS) is 1. The number of amides is 3. The van der Waals surface area contributed by atoms with Crippen LogP contribution in [-0.2, 0) is 9.59 Å². The minimum atomic E-state index is -1.28. The highest BCUT2D eigenvalue weighted by molar-refractivity contribution is 5.87. The first kappa shape index (κ1) is 13.3. The van der Waals surface area contributed by atoms with Crippen LogP contribution in [0.15, 0.2) is 0 Å². The van der Waals surface area contributed by atoms with Gasteiger partial charge in [-0.3, -0.25) is 4.79 Å². The van der Waals surface area contributed by atoms with E-state index in [0.29, 0.717) is 5.92 Å². The van der Waals surface area contributed by atoms with E-state index in [4.69, 9.17) is 10.8 Å². The van der Waals surface area contributed by atoms with E-state index < -0.39 is 30.4 Å². The highest BCUT2D eigenvalue weighted by atomic mass is 16.4. The molecule has 7 nitrogen and oxygen atoms in total. The summed E-state index contributed by atoms with van der Waals surface area (Å²) in [6.45, 7) is 2.03. The summed E-state index contributed by atoms with van der Waals surface area (Å²) in [5.74, 6) is -1.57. The number of carbonyl (C=O) groups is 3. The predicted molar refractivity (Wildman–Crippen MR) is 59.1 cm³/mol. The number of carboxylic acids is 1. The van der Waals surface area contributed by atoms with E-state index in [1.807, 2.05) is 6.92 Å². The molecule has 17 heavy (non-hydrogen) atoms. The van der Waals surface area contributed by atoms with Crippen LogP contribution in [-0.4, -0.2) is 35.1 Å². The van der Waals surface area contributed by atoms with E-state index in [1.165, 1.54) is 0 Å². The van der Waals surface area contributed by atoms with Crippen molar-refractivity contribution in [3.05, 3.63) is 0 Å². The lowest BCUT2D eigenvalue weighted by Crippen LogP contribution is -2.48. The SMILES string of the molecule is CCC1CC1NC(=O)NC(CC(N)=O)C(=O)O. The Hall–Kier alpha value is -1.79. The molecule has 0 heterocycles. The Labute approximate surface area is 98.7 Å². The fourth-order valence-electron chi connectivity index (χ4n) is 1.65. The Bertz CT molecular complexity index is 332. The van der Waals surface area contributed by atoms with Gasteiger partial charge in [-0.25, -0.2) is 9.59 Å². The summed E-state index contributed by atoms with van der Waals surface area (Å²) in [6.07, 6.45) is 1.48. The van der Waals surface area contributed by atoms with Gasteiger partial charge in [0.15, 0.2) is 0 Å². The van der Waals surface area contributed by atoms with E-state index in [1.54, 1.807) is 0 Å². The van der Waals surface area contributed by atoms with Crippen LogP contribution in [0.2, 0.25) is 0 Å². The Balaban J connectivity index is 2.36. The summed E-state index contributed by atoms with van der Waals surface area (Å²) < 4.78 is 0. The van der Waals surface area contributed by atoms with Crippen LogP contribution in [0.25, 0.3) is 0 Å². The van der Waals surface area contributed by atoms with Crippen LogP contribution in [0, 0.1) is 5.92 Å². The number of primary amides is 1. The fourth-order valence-corrected chi connectivity index (χ4v) is 1.65. The molecule has 96 valence electrons. The lowest BCUT2D eigenvalue weighted by molar-refractivity contribution is -0.140. The molecule has 1 rings (SSSR count). The van der Waals surface area contributed by atoms with E-state index in [9.17, 15) is 14.4 Å². The summed E-state index contributed by atoms with van der Waals surface area (Å²) in [5.41, 5.74) is 4.89. The molecule has 0 bridgehead atoms. The quantitative estimate of drug-likeness (QED) is 0.498. The first-order chi connectivity index (χ1) is 7.93. The van der Waals surface area contributed by atoms with E-state index in [0.717, 1.165) is 12.8 Å². The smallest absolute Gasteiger partial charge is 0.326 e. The number of nitrogens with one attached hydrogen (secondary N) is 2. The van der Waals surface area contributed by atoms with Gasteiger partial charge >= 0.3 is 12.0 Å². The summed E-state index contributed by atoms with van der Waals surface area (Å²) in [4.78, 5) is 32.8. The topological polar surface area (TPSA) is 122 Å². The molecule has 0 spiro atoms. The second-order valence-electron chi connectivity index (χ2n) is 4.19. The van der Waals surface area contributed by atoms with Crippen molar-refractivity contribution in [3.63, 3.8) is 0 Å². The average Bonchev–Trinajstić information content (AvgIpc) is 2.94. The van der Waals surface area contributed by atoms with Gasteiger partial charge in [0.2, 0.25) is 5.91 Å².